The average Bonchev–Trinajstić information content (AvgIpc) is 2.74. The summed E-state index contributed by atoms with van der Waals surface area (Å²) in [7, 11) is 1.52. The number of carboxylic acid groups (broad SMARTS) is 1. The Labute approximate surface area is 111 Å². The molecule has 8 heteroatoms. The van der Waals surface area contributed by atoms with Crippen molar-refractivity contribution in [1.29, 1.82) is 0 Å². The van der Waals surface area contributed by atoms with Crippen molar-refractivity contribution in [1.82, 2.24) is 9.78 Å². The van der Waals surface area contributed by atoms with Crippen molar-refractivity contribution in [3.63, 3.8) is 0 Å². The van der Waals surface area contributed by atoms with Crippen molar-refractivity contribution in [3.8, 4) is 0 Å². The average molecular weight is 285 g/mol. The van der Waals surface area contributed by atoms with Gasteiger partial charge in [-0.15, -0.1) is 0 Å². The molecule has 1 aromatic heterocycles. The molecule has 0 bridgehead atoms. The van der Waals surface area contributed by atoms with Gasteiger partial charge in [0, 0.05) is 19.2 Å². The summed E-state index contributed by atoms with van der Waals surface area (Å²) >= 11 is 0. The summed E-state index contributed by atoms with van der Waals surface area (Å²) in [6.07, 6.45) is 1.15. The van der Waals surface area contributed by atoms with Gasteiger partial charge in [-0.1, -0.05) is 0 Å². The molecule has 0 aliphatic rings. The number of aromatic carboxylic acids is 1. The summed E-state index contributed by atoms with van der Waals surface area (Å²) in [4.78, 5) is 10.9. The lowest BCUT2D eigenvalue weighted by Gasteiger charge is -2.09. The number of carbonyl (C=O) groups is 1. The number of hydrogen-bond acceptors (Lipinski definition) is 3. The van der Waals surface area contributed by atoms with E-state index in [-0.39, 0.29) is 23.5 Å². The van der Waals surface area contributed by atoms with E-state index < -0.39 is 23.4 Å². The largest absolute Gasteiger partial charge is 0.478 e. The molecule has 5 nitrogen and oxygen atoms in total. The molecule has 0 saturated carbocycles. The predicted octanol–water partition coefficient (Wildman–Crippen LogP) is 2.15. The van der Waals surface area contributed by atoms with Gasteiger partial charge in [0.1, 0.15) is 11.4 Å². The van der Waals surface area contributed by atoms with Crippen molar-refractivity contribution in [2.45, 2.75) is 6.54 Å². The van der Waals surface area contributed by atoms with Gasteiger partial charge in [-0.05, 0) is 0 Å². The van der Waals surface area contributed by atoms with Crippen LogP contribution in [0.4, 0.5) is 18.9 Å². The van der Waals surface area contributed by atoms with E-state index in [0.29, 0.717) is 12.1 Å². The van der Waals surface area contributed by atoms with Crippen LogP contribution in [0.25, 0.3) is 0 Å². The monoisotopic (exact) mass is 285 g/mol. The Bertz CT molecular complexity index is 670. The zero-order valence-corrected chi connectivity index (χ0v) is 10.3. The Hall–Kier alpha value is -2.51. The zero-order valence-electron chi connectivity index (χ0n) is 10.3. The molecule has 0 aliphatic heterocycles. The fourth-order valence-corrected chi connectivity index (χ4v) is 1.69. The first-order chi connectivity index (χ1) is 9.40. The van der Waals surface area contributed by atoms with Crippen molar-refractivity contribution < 1.29 is 23.1 Å². The topological polar surface area (TPSA) is 67.2 Å². The summed E-state index contributed by atoms with van der Waals surface area (Å²) < 4.78 is 40.5. The Balaban J connectivity index is 2.23. The molecule has 20 heavy (non-hydrogen) atoms. The first kappa shape index (κ1) is 13.9. The highest BCUT2D eigenvalue weighted by atomic mass is 19.2. The van der Waals surface area contributed by atoms with Crippen molar-refractivity contribution in [3.05, 3.63) is 47.0 Å². The SMILES string of the molecule is Cn1ncc(C(=O)O)c1CNc1cc(F)c(F)cc1F. The number of halogens is 3. The van der Waals surface area contributed by atoms with E-state index >= 15 is 0 Å². The number of anilines is 1. The molecular formula is C12H10F3N3O2. The molecule has 2 rings (SSSR count). The first-order valence-electron chi connectivity index (χ1n) is 5.52. The number of nitrogens with one attached hydrogen (secondary N) is 1. The third-order valence-corrected chi connectivity index (χ3v) is 2.75. The van der Waals surface area contributed by atoms with Crippen molar-refractivity contribution in [2.75, 3.05) is 5.32 Å². The van der Waals surface area contributed by atoms with Crippen LogP contribution in [0.3, 0.4) is 0 Å². The van der Waals surface area contributed by atoms with E-state index in [1.807, 2.05) is 0 Å². The molecular weight excluding hydrogens is 275 g/mol. The number of nitrogens with zero attached hydrogens (tertiary/aromatic N) is 2. The number of aryl methyl sites for hydroxylation is 1. The number of rotatable bonds is 4. The molecule has 1 heterocycles. The van der Waals surface area contributed by atoms with Gasteiger partial charge in [0.05, 0.1) is 24.1 Å². The molecule has 0 aliphatic carbocycles. The highest BCUT2D eigenvalue weighted by molar-refractivity contribution is 5.88. The standard InChI is InChI=1S/C12H10F3N3O2/c1-18-11(6(4-17-18)12(19)20)5-16-10-3-8(14)7(13)2-9(10)15/h2-4,16H,5H2,1H3,(H,19,20). The molecule has 0 atom stereocenters. The van der Waals surface area contributed by atoms with Crippen molar-refractivity contribution >= 4 is 11.7 Å². The van der Waals surface area contributed by atoms with Crippen LogP contribution in [-0.2, 0) is 13.6 Å². The van der Waals surface area contributed by atoms with Crippen LogP contribution >= 0.6 is 0 Å². The van der Waals surface area contributed by atoms with E-state index in [9.17, 15) is 18.0 Å². The summed E-state index contributed by atoms with van der Waals surface area (Å²) in [5.41, 5.74) is -0.0361. The van der Waals surface area contributed by atoms with Gasteiger partial charge in [-0.3, -0.25) is 4.68 Å². The normalized spacial score (nSPS) is 10.6. The molecule has 0 unspecified atom stereocenters. The van der Waals surface area contributed by atoms with Crippen LogP contribution in [-0.4, -0.2) is 20.9 Å². The molecule has 106 valence electrons. The summed E-state index contributed by atoms with van der Waals surface area (Å²) in [5, 5.41) is 15.2. The lowest BCUT2D eigenvalue weighted by atomic mass is 10.2. The molecule has 0 fully saturated rings. The van der Waals surface area contributed by atoms with Crippen LogP contribution in [0.1, 0.15) is 16.1 Å². The summed E-state index contributed by atoms with van der Waals surface area (Å²) in [6, 6.07) is 1.08. The minimum absolute atomic E-state index is 0.0528. The Morgan fingerprint density at radius 1 is 1.30 bits per heavy atom. The minimum atomic E-state index is -1.29. The van der Waals surface area contributed by atoms with Crippen LogP contribution in [0.2, 0.25) is 0 Å². The quantitative estimate of drug-likeness (QED) is 0.845. The molecule has 0 amide bonds. The van der Waals surface area contributed by atoms with Crippen molar-refractivity contribution in [2.24, 2.45) is 7.05 Å². The second-order valence-electron chi connectivity index (χ2n) is 4.03. The molecule has 1 aromatic carbocycles. The maximum absolute atomic E-state index is 13.4. The summed E-state index contributed by atoms with van der Waals surface area (Å²) in [5.74, 6) is -4.64. The second-order valence-corrected chi connectivity index (χ2v) is 4.03. The highest BCUT2D eigenvalue weighted by Crippen LogP contribution is 2.19. The minimum Gasteiger partial charge on any atom is -0.478 e. The van der Waals surface area contributed by atoms with E-state index in [0.717, 1.165) is 6.20 Å². The number of hydrogen-bond donors (Lipinski definition) is 2. The third kappa shape index (κ3) is 2.58. The van der Waals surface area contributed by atoms with Crippen LogP contribution in [0.5, 0.6) is 0 Å². The smallest absolute Gasteiger partial charge is 0.339 e. The second kappa shape index (κ2) is 5.24. The van der Waals surface area contributed by atoms with Gasteiger partial charge in [0.2, 0.25) is 0 Å². The highest BCUT2D eigenvalue weighted by Gasteiger charge is 2.16. The Kier molecular flexibility index (Phi) is 3.64. The molecule has 0 radical (unpaired) electrons. The molecule has 0 saturated heterocycles. The summed E-state index contributed by atoms with van der Waals surface area (Å²) in [6.45, 7) is -0.0971. The lowest BCUT2D eigenvalue weighted by Crippen LogP contribution is -2.11. The van der Waals surface area contributed by atoms with Crippen LogP contribution < -0.4 is 5.32 Å². The van der Waals surface area contributed by atoms with Gasteiger partial charge >= 0.3 is 5.97 Å². The van der Waals surface area contributed by atoms with Gasteiger partial charge in [-0.2, -0.15) is 5.10 Å². The third-order valence-electron chi connectivity index (χ3n) is 2.75. The first-order valence-corrected chi connectivity index (χ1v) is 5.52. The number of benzene rings is 1. The number of carboxylic acids is 1. The molecule has 2 N–H and O–H groups in total. The Morgan fingerprint density at radius 2 is 1.95 bits per heavy atom. The van der Waals surface area contributed by atoms with Crippen LogP contribution in [0, 0.1) is 17.5 Å². The maximum atomic E-state index is 13.4. The fourth-order valence-electron chi connectivity index (χ4n) is 1.69. The van der Waals surface area contributed by atoms with E-state index in [1.165, 1.54) is 11.7 Å². The molecule has 2 aromatic rings. The van der Waals surface area contributed by atoms with Gasteiger partial charge in [-0.25, -0.2) is 18.0 Å². The number of aromatic nitrogens is 2. The lowest BCUT2D eigenvalue weighted by molar-refractivity contribution is 0.0695. The van der Waals surface area contributed by atoms with Gasteiger partial charge < -0.3 is 10.4 Å². The fraction of sp³-hybridized carbons (Fsp3) is 0.167. The van der Waals surface area contributed by atoms with E-state index in [4.69, 9.17) is 5.11 Å². The predicted molar refractivity (Wildman–Crippen MR) is 63.8 cm³/mol. The maximum Gasteiger partial charge on any atom is 0.339 e. The Morgan fingerprint density at radius 3 is 2.60 bits per heavy atom. The molecule has 0 spiro atoms. The van der Waals surface area contributed by atoms with Gasteiger partial charge in [0.15, 0.2) is 11.6 Å². The van der Waals surface area contributed by atoms with E-state index in [1.54, 1.807) is 0 Å². The van der Waals surface area contributed by atoms with Gasteiger partial charge in [0.25, 0.3) is 0 Å². The zero-order chi connectivity index (χ0) is 14.9. The van der Waals surface area contributed by atoms with E-state index in [2.05, 4.69) is 10.4 Å². The van der Waals surface area contributed by atoms with Crippen LogP contribution in [0.15, 0.2) is 18.3 Å².